The van der Waals surface area contributed by atoms with Crippen molar-refractivity contribution in [2.24, 2.45) is 4.99 Å². The summed E-state index contributed by atoms with van der Waals surface area (Å²) in [4.78, 5) is 9.24. The number of ether oxygens (including phenoxy) is 2. The van der Waals surface area contributed by atoms with Crippen LogP contribution in [-0.2, 0) is 16.0 Å². The van der Waals surface area contributed by atoms with Crippen molar-refractivity contribution in [3.8, 4) is 0 Å². The topological polar surface area (TPSA) is 67.8 Å². The van der Waals surface area contributed by atoms with Crippen LogP contribution in [0.3, 0.4) is 0 Å². The lowest BCUT2D eigenvalue weighted by atomic mass is 10.2. The quantitative estimate of drug-likeness (QED) is 0.378. The van der Waals surface area contributed by atoms with Crippen LogP contribution < -0.4 is 10.6 Å². The highest BCUT2D eigenvalue weighted by Gasteiger charge is 2.14. The molecule has 0 bridgehead atoms. The molecule has 0 aromatic carbocycles. The molecule has 7 heteroatoms. The summed E-state index contributed by atoms with van der Waals surface area (Å²) in [5, 5.41) is 9.81. The molecular weight excluding hydrogens is 336 g/mol. The Hall–Kier alpha value is -1.18. The third-order valence-corrected chi connectivity index (χ3v) is 4.82. The monoisotopic (exact) mass is 368 g/mol. The number of hydrogen-bond acceptors (Lipinski definition) is 5. The first-order chi connectivity index (χ1) is 12.2. The van der Waals surface area contributed by atoms with E-state index < -0.39 is 0 Å². The van der Waals surface area contributed by atoms with Crippen molar-refractivity contribution in [1.82, 2.24) is 15.6 Å². The van der Waals surface area contributed by atoms with Gasteiger partial charge in [-0.05, 0) is 32.1 Å². The summed E-state index contributed by atoms with van der Waals surface area (Å²) in [6.07, 6.45) is 3.55. The van der Waals surface area contributed by atoms with Crippen molar-refractivity contribution < 1.29 is 9.47 Å². The normalized spacial score (nSPS) is 18.1. The van der Waals surface area contributed by atoms with Crippen molar-refractivity contribution in [2.45, 2.75) is 58.6 Å². The highest BCUT2D eigenvalue weighted by Crippen LogP contribution is 2.18. The number of aromatic nitrogens is 1. The number of thiazole rings is 1. The Kier molecular flexibility index (Phi) is 9.21. The highest BCUT2D eigenvalue weighted by molar-refractivity contribution is 7.09. The lowest BCUT2D eigenvalue weighted by molar-refractivity contribution is 0.0168. The summed E-state index contributed by atoms with van der Waals surface area (Å²) in [7, 11) is 0. The van der Waals surface area contributed by atoms with E-state index in [-0.39, 0.29) is 0 Å². The second-order valence-corrected chi connectivity index (χ2v) is 7.45. The zero-order valence-electron chi connectivity index (χ0n) is 15.7. The largest absolute Gasteiger partial charge is 0.379 e. The molecule has 1 fully saturated rings. The number of nitrogens with zero attached hydrogens (tertiary/aromatic N) is 2. The third kappa shape index (κ3) is 7.71. The van der Waals surface area contributed by atoms with Crippen LogP contribution in [0.25, 0.3) is 0 Å². The molecule has 1 aliphatic heterocycles. The molecule has 0 radical (unpaired) electrons. The summed E-state index contributed by atoms with van der Waals surface area (Å²) < 4.78 is 11.2. The third-order valence-electron chi connectivity index (χ3n) is 3.96. The molecule has 6 nitrogen and oxygen atoms in total. The standard InChI is InChI=1S/C18H32N4O2S/c1-4-19-18(21-11-17-22-16(13-25-17)14(2)3)20-8-6-9-23-12-15-7-5-10-24-15/h13-15H,4-12H2,1-3H3,(H2,19,20,21). The van der Waals surface area contributed by atoms with E-state index in [4.69, 9.17) is 9.47 Å². The average molecular weight is 369 g/mol. The Morgan fingerprint density at radius 1 is 1.48 bits per heavy atom. The van der Waals surface area contributed by atoms with Gasteiger partial charge in [0.2, 0.25) is 0 Å². The molecule has 1 aromatic heterocycles. The first-order valence-corrected chi connectivity index (χ1v) is 10.2. The van der Waals surface area contributed by atoms with Gasteiger partial charge in [0.15, 0.2) is 5.96 Å². The van der Waals surface area contributed by atoms with Gasteiger partial charge in [-0.15, -0.1) is 11.3 Å². The predicted octanol–water partition coefficient (Wildman–Crippen LogP) is 2.91. The van der Waals surface area contributed by atoms with Gasteiger partial charge >= 0.3 is 0 Å². The maximum absolute atomic E-state index is 5.68. The average Bonchev–Trinajstić information content (AvgIpc) is 3.27. The minimum absolute atomic E-state index is 0.306. The zero-order chi connectivity index (χ0) is 17.9. The zero-order valence-corrected chi connectivity index (χ0v) is 16.5. The van der Waals surface area contributed by atoms with Crippen molar-refractivity contribution in [1.29, 1.82) is 0 Å². The smallest absolute Gasteiger partial charge is 0.191 e. The molecule has 142 valence electrons. The Bertz CT molecular complexity index is 513. The van der Waals surface area contributed by atoms with Crippen LogP contribution in [0.15, 0.2) is 10.4 Å². The van der Waals surface area contributed by atoms with E-state index in [0.717, 1.165) is 68.8 Å². The fourth-order valence-corrected chi connectivity index (χ4v) is 3.40. The van der Waals surface area contributed by atoms with E-state index in [9.17, 15) is 0 Å². The van der Waals surface area contributed by atoms with E-state index in [1.807, 2.05) is 0 Å². The number of aliphatic imine (C=N–C) groups is 1. The molecule has 1 unspecified atom stereocenters. The first kappa shape index (κ1) is 20.1. The van der Waals surface area contributed by atoms with E-state index in [2.05, 4.69) is 46.8 Å². The van der Waals surface area contributed by atoms with Gasteiger partial charge in [0.25, 0.3) is 0 Å². The van der Waals surface area contributed by atoms with E-state index in [0.29, 0.717) is 18.6 Å². The first-order valence-electron chi connectivity index (χ1n) is 9.34. The second-order valence-electron chi connectivity index (χ2n) is 6.51. The lowest BCUT2D eigenvalue weighted by Gasteiger charge is -2.12. The highest BCUT2D eigenvalue weighted by atomic mass is 32.1. The number of rotatable bonds is 10. The summed E-state index contributed by atoms with van der Waals surface area (Å²) in [5.74, 6) is 1.30. The number of guanidine groups is 1. The van der Waals surface area contributed by atoms with E-state index in [1.165, 1.54) is 0 Å². The molecule has 2 heterocycles. The molecule has 25 heavy (non-hydrogen) atoms. The summed E-state index contributed by atoms with van der Waals surface area (Å²) in [6, 6.07) is 0. The maximum atomic E-state index is 5.68. The molecule has 0 amide bonds. The van der Waals surface area contributed by atoms with Gasteiger partial charge in [0.05, 0.1) is 24.9 Å². The Balaban J connectivity index is 1.64. The summed E-state index contributed by atoms with van der Waals surface area (Å²) in [6.45, 7) is 11.0. The van der Waals surface area contributed by atoms with Gasteiger partial charge in [-0.1, -0.05) is 13.8 Å². The van der Waals surface area contributed by atoms with Crippen LogP contribution in [0.5, 0.6) is 0 Å². The molecule has 2 rings (SSSR count). The van der Waals surface area contributed by atoms with Crippen molar-refractivity contribution in [3.05, 3.63) is 16.1 Å². The van der Waals surface area contributed by atoms with Gasteiger partial charge in [0.1, 0.15) is 5.01 Å². The van der Waals surface area contributed by atoms with E-state index >= 15 is 0 Å². The van der Waals surface area contributed by atoms with Crippen molar-refractivity contribution in [3.63, 3.8) is 0 Å². The van der Waals surface area contributed by atoms with E-state index in [1.54, 1.807) is 11.3 Å². The molecular formula is C18H32N4O2S. The minimum atomic E-state index is 0.306. The number of hydrogen-bond donors (Lipinski definition) is 2. The molecule has 1 saturated heterocycles. The predicted molar refractivity (Wildman–Crippen MR) is 103 cm³/mol. The van der Waals surface area contributed by atoms with Crippen LogP contribution >= 0.6 is 11.3 Å². The van der Waals surface area contributed by atoms with Crippen molar-refractivity contribution >= 4 is 17.3 Å². The molecule has 1 aromatic rings. The van der Waals surface area contributed by atoms with Gasteiger partial charge in [-0.3, -0.25) is 0 Å². The Labute approximate surface area is 155 Å². The SMILES string of the molecule is CCNC(=NCc1nc(C(C)C)cs1)NCCCOCC1CCCO1. The Morgan fingerprint density at radius 2 is 2.36 bits per heavy atom. The van der Waals surface area contributed by atoms with Crippen LogP contribution in [0, 0.1) is 0 Å². The van der Waals surface area contributed by atoms with Gasteiger partial charge in [-0.2, -0.15) is 0 Å². The summed E-state index contributed by atoms with van der Waals surface area (Å²) in [5.41, 5.74) is 1.15. The molecule has 0 saturated carbocycles. The Morgan fingerprint density at radius 3 is 3.04 bits per heavy atom. The minimum Gasteiger partial charge on any atom is -0.379 e. The second kappa shape index (κ2) is 11.4. The lowest BCUT2D eigenvalue weighted by Crippen LogP contribution is -2.38. The fraction of sp³-hybridized carbons (Fsp3) is 0.778. The number of nitrogens with one attached hydrogen (secondary N) is 2. The molecule has 0 spiro atoms. The molecule has 2 N–H and O–H groups in total. The van der Waals surface area contributed by atoms with Crippen LogP contribution in [0.2, 0.25) is 0 Å². The maximum Gasteiger partial charge on any atom is 0.191 e. The van der Waals surface area contributed by atoms with Gasteiger partial charge < -0.3 is 20.1 Å². The molecule has 1 aliphatic rings. The van der Waals surface area contributed by atoms with Crippen LogP contribution in [-0.4, -0.2) is 50.0 Å². The van der Waals surface area contributed by atoms with Crippen LogP contribution in [0.4, 0.5) is 0 Å². The molecule has 0 aliphatic carbocycles. The van der Waals surface area contributed by atoms with Gasteiger partial charge in [0, 0.05) is 31.7 Å². The molecule has 1 atom stereocenters. The summed E-state index contributed by atoms with van der Waals surface area (Å²) >= 11 is 1.68. The fourth-order valence-electron chi connectivity index (χ4n) is 2.52. The van der Waals surface area contributed by atoms with Crippen molar-refractivity contribution in [2.75, 3.05) is 32.9 Å². The van der Waals surface area contributed by atoms with Crippen LogP contribution in [0.1, 0.15) is 56.7 Å². The van der Waals surface area contributed by atoms with Gasteiger partial charge in [-0.25, -0.2) is 9.98 Å².